The van der Waals surface area contributed by atoms with Crippen LogP contribution < -0.4 is 4.80 Å². The molecule has 6 nitrogen and oxygen atoms in total. The van der Waals surface area contributed by atoms with E-state index in [1.54, 1.807) is 16.7 Å². The Kier molecular flexibility index (Phi) is 6.43. The van der Waals surface area contributed by atoms with Crippen LogP contribution >= 0.6 is 34.5 Å². The smallest absolute Gasteiger partial charge is 0.266 e. The summed E-state index contributed by atoms with van der Waals surface area (Å²) in [5.41, 5.74) is 0.566. The van der Waals surface area contributed by atoms with Crippen LogP contribution in [0, 0.1) is 18.2 Å². The standard InChI is InChI=1S/C21H16Cl2FN3O3S2/c1-2-11-26-18-15(22)9-10-16(23)19(18)31-21(26)25-20(28)17-4-3-12-27(17)32(29,30)14-7-5-13(24)6-8-14/h1,5-10,17H,3-4,11-12H2. The highest BCUT2D eigenvalue weighted by Gasteiger charge is 2.39. The molecule has 0 spiro atoms. The molecule has 1 atom stereocenters. The summed E-state index contributed by atoms with van der Waals surface area (Å²) in [5.74, 6) is 1.35. The number of terminal acetylenes is 1. The summed E-state index contributed by atoms with van der Waals surface area (Å²) >= 11 is 13.8. The summed E-state index contributed by atoms with van der Waals surface area (Å²) in [6.07, 6.45) is 6.32. The van der Waals surface area contributed by atoms with Crippen LogP contribution in [0.4, 0.5) is 4.39 Å². The van der Waals surface area contributed by atoms with Crippen molar-refractivity contribution in [2.45, 2.75) is 30.3 Å². The van der Waals surface area contributed by atoms with E-state index in [0.29, 0.717) is 33.1 Å². The molecule has 1 aliphatic heterocycles. The van der Waals surface area contributed by atoms with E-state index in [-0.39, 0.29) is 22.8 Å². The van der Waals surface area contributed by atoms with Crippen LogP contribution in [0.3, 0.4) is 0 Å². The molecule has 4 rings (SSSR count). The van der Waals surface area contributed by atoms with Crippen molar-refractivity contribution in [3.63, 3.8) is 0 Å². The van der Waals surface area contributed by atoms with Gasteiger partial charge in [-0.15, -0.1) is 6.42 Å². The second-order valence-electron chi connectivity index (χ2n) is 7.06. The average molecular weight is 512 g/mol. The Morgan fingerprint density at radius 3 is 2.59 bits per heavy atom. The Labute approximate surface area is 198 Å². The highest BCUT2D eigenvalue weighted by molar-refractivity contribution is 7.89. The maximum atomic E-state index is 13.2. The van der Waals surface area contributed by atoms with Crippen LogP contribution in [0.15, 0.2) is 46.3 Å². The summed E-state index contributed by atoms with van der Waals surface area (Å²) < 4.78 is 42.7. The quantitative estimate of drug-likeness (QED) is 0.495. The molecule has 1 amide bonds. The third-order valence-corrected chi connectivity index (χ3v) is 8.86. The number of carbonyl (C=O) groups excluding carboxylic acids is 1. The monoisotopic (exact) mass is 511 g/mol. The molecule has 0 radical (unpaired) electrons. The molecule has 32 heavy (non-hydrogen) atoms. The van der Waals surface area contributed by atoms with Crippen LogP contribution in [0.25, 0.3) is 10.2 Å². The van der Waals surface area contributed by atoms with Crippen LogP contribution in [-0.4, -0.2) is 35.8 Å². The molecule has 11 heteroatoms. The van der Waals surface area contributed by atoms with Crippen molar-refractivity contribution in [1.29, 1.82) is 0 Å². The zero-order valence-corrected chi connectivity index (χ0v) is 19.6. The number of benzene rings is 2. The zero-order valence-electron chi connectivity index (χ0n) is 16.5. The number of fused-ring (bicyclic) bond motifs is 1. The predicted molar refractivity (Wildman–Crippen MR) is 123 cm³/mol. The van der Waals surface area contributed by atoms with Gasteiger partial charge in [0.05, 0.1) is 31.7 Å². The van der Waals surface area contributed by atoms with Crippen molar-refractivity contribution in [3.8, 4) is 12.3 Å². The summed E-state index contributed by atoms with van der Waals surface area (Å²) in [6, 6.07) is 6.79. The minimum Gasteiger partial charge on any atom is -0.303 e. The normalized spacial score (nSPS) is 17.7. The molecule has 0 bridgehead atoms. The maximum Gasteiger partial charge on any atom is 0.266 e. The van der Waals surface area contributed by atoms with Gasteiger partial charge < -0.3 is 4.57 Å². The van der Waals surface area contributed by atoms with E-state index in [1.165, 1.54) is 12.1 Å². The molecular formula is C21H16Cl2FN3O3S2. The summed E-state index contributed by atoms with van der Waals surface area (Å²) in [4.78, 5) is 17.5. The molecule has 2 aromatic carbocycles. The summed E-state index contributed by atoms with van der Waals surface area (Å²) in [7, 11) is -3.99. The second kappa shape index (κ2) is 8.96. The van der Waals surface area contributed by atoms with Gasteiger partial charge in [0.2, 0.25) is 10.0 Å². The third-order valence-electron chi connectivity index (χ3n) is 5.09. The summed E-state index contributed by atoms with van der Waals surface area (Å²) in [6.45, 7) is 0.272. The molecule has 166 valence electrons. The van der Waals surface area contributed by atoms with E-state index in [1.807, 2.05) is 0 Å². The van der Waals surface area contributed by atoms with Crippen LogP contribution in [-0.2, 0) is 21.4 Å². The Morgan fingerprint density at radius 2 is 1.91 bits per heavy atom. The van der Waals surface area contributed by atoms with Gasteiger partial charge in [-0.25, -0.2) is 12.8 Å². The zero-order chi connectivity index (χ0) is 23.0. The maximum absolute atomic E-state index is 13.2. The van der Waals surface area contributed by atoms with E-state index in [2.05, 4.69) is 10.9 Å². The Hall–Kier alpha value is -2.22. The lowest BCUT2D eigenvalue weighted by Gasteiger charge is -2.21. The fourth-order valence-electron chi connectivity index (χ4n) is 3.62. The highest BCUT2D eigenvalue weighted by atomic mass is 35.5. The van der Waals surface area contributed by atoms with Crippen molar-refractivity contribution in [1.82, 2.24) is 8.87 Å². The molecule has 1 unspecified atom stereocenters. The van der Waals surface area contributed by atoms with Gasteiger partial charge in [-0.1, -0.05) is 40.5 Å². The van der Waals surface area contributed by atoms with Crippen molar-refractivity contribution >= 4 is 60.7 Å². The number of thiazole rings is 1. The van der Waals surface area contributed by atoms with E-state index < -0.39 is 27.8 Å². The van der Waals surface area contributed by atoms with Gasteiger partial charge in [-0.05, 0) is 49.2 Å². The first-order valence-corrected chi connectivity index (χ1v) is 12.5. The molecule has 0 saturated carbocycles. The third kappa shape index (κ3) is 4.09. The molecule has 1 fully saturated rings. The number of amides is 1. The molecule has 0 aliphatic carbocycles. The Bertz CT molecular complexity index is 1420. The second-order valence-corrected chi connectivity index (χ2v) is 10.7. The number of aromatic nitrogens is 1. The van der Waals surface area contributed by atoms with Crippen molar-refractivity contribution < 1.29 is 17.6 Å². The van der Waals surface area contributed by atoms with Gasteiger partial charge in [-0.3, -0.25) is 4.79 Å². The molecule has 1 aliphatic rings. The van der Waals surface area contributed by atoms with Crippen LogP contribution in [0.1, 0.15) is 12.8 Å². The van der Waals surface area contributed by atoms with Gasteiger partial charge in [0.15, 0.2) is 4.80 Å². The number of nitrogens with zero attached hydrogens (tertiary/aromatic N) is 3. The van der Waals surface area contributed by atoms with Gasteiger partial charge in [0.1, 0.15) is 11.9 Å². The minimum atomic E-state index is -3.99. The first-order chi connectivity index (χ1) is 15.2. The number of halogens is 3. The molecule has 2 heterocycles. The van der Waals surface area contributed by atoms with E-state index in [4.69, 9.17) is 29.6 Å². The molecule has 0 N–H and O–H groups in total. The molecular weight excluding hydrogens is 496 g/mol. The van der Waals surface area contributed by atoms with Gasteiger partial charge in [0.25, 0.3) is 5.91 Å². The lowest BCUT2D eigenvalue weighted by atomic mass is 10.2. The highest BCUT2D eigenvalue weighted by Crippen LogP contribution is 2.32. The van der Waals surface area contributed by atoms with Crippen LogP contribution in [0.5, 0.6) is 0 Å². The SMILES string of the molecule is C#CCn1c(=NC(=O)C2CCCN2S(=O)(=O)c2ccc(F)cc2)sc2c(Cl)ccc(Cl)c21. The van der Waals surface area contributed by atoms with Crippen LogP contribution in [0.2, 0.25) is 10.0 Å². The average Bonchev–Trinajstić information content (AvgIpc) is 3.38. The topological polar surface area (TPSA) is 71.7 Å². The number of rotatable bonds is 4. The molecule has 1 aromatic heterocycles. The number of hydrogen-bond acceptors (Lipinski definition) is 4. The van der Waals surface area contributed by atoms with E-state index in [0.717, 1.165) is 27.8 Å². The lowest BCUT2D eigenvalue weighted by molar-refractivity contribution is -0.121. The predicted octanol–water partition coefficient (Wildman–Crippen LogP) is 4.06. The fraction of sp³-hybridized carbons (Fsp3) is 0.238. The van der Waals surface area contributed by atoms with Gasteiger partial charge in [0, 0.05) is 6.54 Å². The summed E-state index contributed by atoms with van der Waals surface area (Å²) in [5, 5.41) is 0.849. The Morgan fingerprint density at radius 1 is 1.22 bits per heavy atom. The number of sulfonamides is 1. The number of hydrogen-bond donors (Lipinski definition) is 0. The van der Waals surface area contributed by atoms with E-state index >= 15 is 0 Å². The van der Waals surface area contributed by atoms with Crippen molar-refractivity contribution in [3.05, 3.63) is 57.1 Å². The van der Waals surface area contributed by atoms with Crippen molar-refractivity contribution in [2.24, 2.45) is 4.99 Å². The first-order valence-electron chi connectivity index (χ1n) is 9.51. The Balaban J connectivity index is 1.76. The number of carbonyl (C=O) groups is 1. The first kappa shape index (κ1) is 23.0. The van der Waals surface area contributed by atoms with Gasteiger partial charge in [-0.2, -0.15) is 9.30 Å². The largest absolute Gasteiger partial charge is 0.303 e. The molecule has 1 saturated heterocycles. The van der Waals surface area contributed by atoms with Crippen molar-refractivity contribution in [2.75, 3.05) is 6.54 Å². The van der Waals surface area contributed by atoms with Gasteiger partial charge >= 0.3 is 0 Å². The fourth-order valence-corrected chi connectivity index (χ4v) is 6.92. The minimum absolute atomic E-state index is 0.0820. The van der Waals surface area contributed by atoms with E-state index in [9.17, 15) is 17.6 Å². The molecule has 3 aromatic rings. The lowest BCUT2D eigenvalue weighted by Crippen LogP contribution is -2.40.